The summed E-state index contributed by atoms with van der Waals surface area (Å²) in [6.45, 7) is 4.84. The van der Waals surface area contributed by atoms with Crippen LogP contribution in [0.3, 0.4) is 0 Å². The Morgan fingerprint density at radius 1 is 1.14 bits per heavy atom. The Hall–Kier alpha value is -2.95. The molecule has 4 rings (SSSR count). The minimum atomic E-state index is -0.142. The van der Waals surface area contributed by atoms with E-state index in [-0.39, 0.29) is 17.5 Å². The molecule has 0 fully saturated rings. The normalized spacial score (nSPS) is 14.8. The standard InChI is InChI=1S/C24H27N3O2/c1-3-20(17-10-8-16(2)9-11-17)26-23(28)18-12-13-19-21(15-18)25-22-7-5-4-6-14-27(22)24(19)29/h8-13,15,20H,3-7,14H2,1-2H3,(H,26,28). The van der Waals surface area contributed by atoms with Gasteiger partial charge in [-0.3, -0.25) is 14.2 Å². The van der Waals surface area contributed by atoms with E-state index in [1.807, 2.05) is 0 Å². The molecule has 1 atom stereocenters. The minimum absolute atomic E-state index is 0.00458. The fourth-order valence-electron chi connectivity index (χ4n) is 4.02. The van der Waals surface area contributed by atoms with Crippen LogP contribution in [0.25, 0.3) is 10.9 Å². The zero-order valence-electron chi connectivity index (χ0n) is 17.1. The SMILES string of the molecule is CCC(NC(=O)c1ccc2c(=O)n3c(nc2c1)CCCCC3)c1ccc(C)cc1. The number of benzene rings is 2. The molecular weight excluding hydrogens is 362 g/mol. The number of rotatable bonds is 4. The zero-order chi connectivity index (χ0) is 20.4. The van der Waals surface area contributed by atoms with Gasteiger partial charge in [0.15, 0.2) is 0 Å². The van der Waals surface area contributed by atoms with Crippen molar-refractivity contribution in [3.63, 3.8) is 0 Å². The fraction of sp³-hybridized carbons (Fsp3) is 0.375. The molecule has 3 aromatic rings. The molecule has 1 unspecified atom stereocenters. The highest BCUT2D eigenvalue weighted by atomic mass is 16.1. The van der Waals surface area contributed by atoms with Gasteiger partial charge in [0.25, 0.3) is 11.5 Å². The van der Waals surface area contributed by atoms with Crippen molar-refractivity contribution < 1.29 is 4.79 Å². The molecule has 1 amide bonds. The lowest BCUT2D eigenvalue weighted by Crippen LogP contribution is -2.28. The highest BCUT2D eigenvalue weighted by Crippen LogP contribution is 2.20. The van der Waals surface area contributed by atoms with Crippen molar-refractivity contribution in [3.05, 3.63) is 75.3 Å². The summed E-state index contributed by atoms with van der Waals surface area (Å²) in [5.74, 6) is 0.694. The largest absolute Gasteiger partial charge is 0.345 e. The smallest absolute Gasteiger partial charge is 0.261 e. The number of hydrogen-bond acceptors (Lipinski definition) is 3. The van der Waals surface area contributed by atoms with Crippen molar-refractivity contribution in [2.45, 2.75) is 58.5 Å². The highest BCUT2D eigenvalue weighted by Gasteiger charge is 2.17. The maximum atomic E-state index is 12.9. The van der Waals surface area contributed by atoms with Gasteiger partial charge in [0, 0.05) is 18.5 Å². The summed E-state index contributed by atoms with van der Waals surface area (Å²) in [6.07, 6.45) is 4.79. The number of carbonyl (C=O) groups is 1. The van der Waals surface area contributed by atoms with Gasteiger partial charge in [-0.05, 0) is 49.9 Å². The van der Waals surface area contributed by atoms with Crippen LogP contribution in [0.2, 0.25) is 0 Å². The van der Waals surface area contributed by atoms with E-state index in [0.717, 1.165) is 50.0 Å². The molecule has 2 heterocycles. The van der Waals surface area contributed by atoms with Gasteiger partial charge in [0.2, 0.25) is 0 Å². The molecule has 0 saturated carbocycles. The fourth-order valence-corrected chi connectivity index (χ4v) is 4.02. The first-order valence-electron chi connectivity index (χ1n) is 10.5. The quantitative estimate of drug-likeness (QED) is 0.723. The maximum Gasteiger partial charge on any atom is 0.261 e. The van der Waals surface area contributed by atoms with Crippen molar-refractivity contribution in [1.82, 2.24) is 14.9 Å². The van der Waals surface area contributed by atoms with Gasteiger partial charge in [-0.1, -0.05) is 43.2 Å². The summed E-state index contributed by atoms with van der Waals surface area (Å²) in [5, 5.41) is 3.70. The Morgan fingerprint density at radius 3 is 2.69 bits per heavy atom. The van der Waals surface area contributed by atoms with Crippen LogP contribution in [0.1, 0.15) is 66.0 Å². The molecule has 0 radical (unpaired) electrons. The van der Waals surface area contributed by atoms with Crippen LogP contribution in [0, 0.1) is 6.92 Å². The number of hydrogen-bond donors (Lipinski definition) is 1. The molecule has 0 bridgehead atoms. The second-order valence-corrected chi connectivity index (χ2v) is 7.87. The lowest BCUT2D eigenvalue weighted by atomic mass is 10.0. The predicted octanol–water partition coefficient (Wildman–Crippen LogP) is 4.31. The molecule has 0 saturated heterocycles. The summed E-state index contributed by atoms with van der Waals surface area (Å²) in [6, 6.07) is 13.4. The van der Waals surface area contributed by atoms with Gasteiger partial charge < -0.3 is 5.32 Å². The minimum Gasteiger partial charge on any atom is -0.345 e. The summed E-state index contributed by atoms with van der Waals surface area (Å²) in [4.78, 5) is 30.5. The molecular formula is C24H27N3O2. The van der Waals surface area contributed by atoms with Crippen LogP contribution in [-0.2, 0) is 13.0 Å². The van der Waals surface area contributed by atoms with Crippen LogP contribution in [-0.4, -0.2) is 15.5 Å². The average molecular weight is 389 g/mol. The highest BCUT2D eigenvalue weighted by molar-refractivity contribution is 5.97. The number of amides is 1. The van der Waals surface area contributed by atoms with Crippen LogP contribution in [0.15, 0.2) is 47.3 Å². The molecule has 1 N–H and O–H groups in total. The molecule has 0 aliphatic carbocycles. The third-order valence-corrected chi connectivity index (χ3v) is 5.77. The number of fused-ring (bicyclic) bond motifs is 2. The van der Waals surface area contributed by atoms with E-state index in [1.54, 1.807) is 22.8 Å². The van der Waals surface area contributed by atoms with Crippen molar-refractivity contribution in [1.29, 1.82) is 0 Å². The van der Waals surface area contributed by atoms with E-state index >= 15 is 0 Å². The van der Waals surface area contributed by atoms with E-state index in [9.17, 15) is 9.59 Å². The Bertz CT molecular complexity index is 1100. The van der Waals surface area contributed by atoms with Crippen molar-refractivity contribution in [2.24, 2.45) is 0 Å². The monoisotopic (exact) mass is 389 g/mol. The lowest BCUT2D eigenvalue weighted by molar-refractivity contribution is 0.0935. The number of carbonyl (C=O) groups excluding carboxylic acids is 1. The summed E-state index contributed by atoms with van der Waals surface area (Å²) < 4.78 is 1.81. The molecule has 0 spiro atoms. The number of nitrogens with zero attached hydrogens (tertiary/aromatic N) is 2. The predicted molar refractivity (Wildman–Crippen MR) is 115 cm³/mol. The molecule has 29 heavy (non-hydrogen) atoms. The van der Waals surface area contributed by atoms with Crippen LogP contribution in [0.5, 0.6) is 0 Å². The van der Waals surface area contributed by atoms with E-state index in [1.165, 1.54) is 5.56 Å². The maximum absolute atomic E-state index is 12.9. The van der Waals surface area contributed by atoms with E-state index in [0.29, 0.717) is 16.5 Å². The van der Waals surface area contributed by atoms with Gasteiger partial charge in [0.05, 0.1) is 16.9 Å². The molecule has 1 aromatic heterocycles. The van der Waals surface area contributed by atoms with Gasteiger partial charge in [-0.2, -0.15) is 0 Å². The Labute approximate surface area is 170 Å². The third kappa shape index (κ3) is 3.95. The summed E-state index contributed by atoms with van der Waals surface area (Å²) >= 11 is 0. The molecule has 5 heteroatoms. The van der Waals surface area contributed by atoms with Crippen LogP contribution >= 0.6 is 0 Å². The van der Waals surface area contributed by atoms with E-state index in [2.05, 4.69) is 43.4 Å². The number of nitrogens with one attached hydrogen (secondary N) is 1. The first kappa shape index (κ1) is 19.4. The second kappa shape index (κ2) is 8.19. The zero-order valence-corrected chi connectivity index (χ0v) is 17.1. The number of aryl methyl sites for hydroxylation is 2. The summed E-state index contributed by atoms with van der Waals surface area (Å²) in [7, 11) is 0. The lowest BCUT2D eigenvalue weighted by Gasteiger charge is -2.18. The third-order valence-electron chi connectivity index (χ3n) is 5.77. The van der Waals surface area contributed by atoms with Gasteiger partial charge >= 0.3 is 0 Å². The van der Waals surface area contributed by atoms with Crippen LogP contribution in [0.4, 0.5) is 0 Å². The van der Waals surface area contributed by atoms with Crippen molar-refractivity contribution in [3.8, 4) is 0 Å². The molecule has 5 nitrogen and oxygen atoms in total. The molecule has 2 aromatic carbocycles. The Morgan fingerprint density at radius 2 is 1.93 bits per heavy atom. The average Bonchev–Trinajstić information content (AvgIpc) is 2.98. The molecule has 150 valence electrons. The van der Waals surface area contributed by atoms with Crippen molar-refractivity contribution >= 4 is 16.8 Å². The van der Waals surface area contributed by atoms with E-state index in [4.69, 9.17) is 4.98 Å². The van der Waals surface area contributed by atoms with Crippen LogP contribution < -0.4 is 10.9 Å². The number of aromatic nitrogens is 2. The second-order valence-electron chi connectivity index (χ2n) is 7.87. The Balaban J connectivity index is 1.64. The van der Waals surface area contributed by atoms with Crippen molar-refractivity contribution in [2.75, 3.05) is 0 Å². The first-order chi connectivity index (χ1) is 14.1. The van der Waals surface area contributed by atoms with Gasteiger partial charge in [-0.25, -0.2) is 4.98 Å². The Kier molecular flexibility index (Phi) is 5.47. The van der Waals surface area contributed by atoms with E-state index < -0.39 is 0 Å². The molecule has 1 aliphatic rings. The molecule has 1 aliphatic heterocycles. The van der Waals surface area contributed by atoms with Gasteiger partial charge in [0.1, 0.15) is 5.82 Å². The summed E-state index contributed by atoms with van der Waals surface area (Å²) in [5.41, 5.74) is 3.44. The topological polar surface area (TPSA) is 64.0 Å². The first-order valence-corrected chi connectivity index (χ1v) is 10.5. The van der Waals surface area contributed by atoms with Gasteiger partial charge in [-0.15, -0.1) is 0 Å².